The standard InChI is InChI=1S/C17H12FN5O/c18-11-5-3-4-10(8-11)17(24)21-15-9-14(22-23-15)16-19-12-6-1-2-7-13(12)20-16/h1-9H,(H,19,20)(H2,21,22,23,24). The van der Waals surface area contributed by atoms with E-state index in [1.165, 1.54) is 24.3 Å². The average molecular weight is 321 g/mol. The number of para-hydroxylation sites is 2. The summed E-state index contributed by atoms with van der Waals surface area (Å²) < 4.78 is 13.2. The minimum absolute atomic E-state index is 0.225. The predicted octanol–water partition coefficient (Wildman–Crippen LogP) is 3.34. The van der Waals surface area contributed by atoms with Gasteiger partial charge in [0, 0.05) is 11.6 Å². The summed E-state index contributed by atoms with van der Waals surface area (Å²) in [5.74, 6) is 0.0551. The molecule has 4 aromatic rings. The third-order valence-corrected chi connectivity index (χ3v) is 3.55. The molecule has 0 aliphatic carbocycles. The van der Waals surface area contributed by atoms with Gasteiger partial charge in [-0.1, -0.05) is 18.2 Å². The Kier molecular flexibility index (Phi) is 3.31. The number of benzene rings is 2. The molecule has 2 aromatic heterocycles. The number of aromatic nitrogens is 4. The quantitative estimate of drug-likeness (QED) is 0.541. The SMILES string of the molecule is O=C(Nc1cc(-c2nc3ccccc3[nH]2)[nH]n1)c1cccc(F)c1. The van der Waals surface area contributed by atoms with Crippen LogP contribution in [0, 0.1) is 5.82 Å². The van der Waals surface area contributed by atoms with Crippen LogP contribution < -0.4 is 5.32 Å². The predicted molar refractivity (Wildman–Crippen MR) is 88.0 cm³/mol. The second-order valence-corrected chi connectivity index (χ2v) is 5.23. The summed E-state index contributed by atoms with van der Waals surface area (Å²) in [6.45, 7) is 0. The van der Waals surface area contributed by atoms with Crippen molar-refractivity contribution in [3.05, 3.63) is 66.0 Å². The van der Waals surface area contributed by atoms with Gasteiger partial charge >= 0.3 is 0 Å². The first-order valence-corrected chi connectivity index (χ1v) is 7.26. The van der Waals surface area contributed by atoms with Crippen LogP contribution in [0.4, 0.5) is 10.2 Å². The molecule has 24 heavy (non-hydrogen) atoms. The molecule has 0 fully saturated rings. The number of nitrogens with zero attached hydrogens (tertiary/aromatic N) is 2. The molecule has 0 aliphatic rings. The molecule has 0 atom stereocenters. The van der Waals surface area contributed by atoms with Crippen LogP contribution in [0.25, 0.3) is 22.6 Å². The Labute approximate surface area is 135 Å². The Bertz CT molecular complexity index is 1000. The minimum Gasteiger partial charge on any atom is -0.337 e. The Hall–Kier alpha value is -3.48. The van der Waals surface area contributed by atoms with Crippen LogP contribution >= 0.6 is 0 Å². The first-order valence-electron chi connectivity index (χ1n) is 7.26. The van der Waals surface area contributed by atoms with E-state index >= 15 is 0 Å². The van der Waals surface area contributed by atoms with Gasteiger partial charge in [0.2, 0.25) is 0 Å². The highest BCUT2D eigenvalue weighted by molar-refractivity contribution is 6.03. The summed E-state index contributed by atoms with van der Waals surface area (Å²) >= 11 is 0. The number of carbonyl (C=O) groups is 1. The summed E-state index contributed by atoms with van der Waals surface area (Å²) in [6.07, 6.45) is 0. The van der Waals surface area contributed by atoms with Gasteiger partial charge < -0.3 is 10.3 Å². The summed E-state index contributed by atoms with van der Waals surface area (Å²) in [4.78, 5) is 19.7. The van der Waals surface area contributed by atoms with Gasteiger partial charge in [-0.2, -0.15) is 5.10 Å². The molecule has 0 unspecified atom stereocenters. The molecule has 0 radical (unpaired) electrons. The van der Waals surface area contributed by atoms with Crippen LogP contribution in [0.15, 0.2) is 54.6 Å². The number of aromatic amines is 2. The van der Waals surface area contributed by atoms with Gasteiger partial charge in [-0.25, -0.2) is 9.37 Å². The molecule has 0 aliphatic heterocycles. The van der Waals surface area contributed by atoms with Crippen molar-refractivity contribution >= 4 is 22.8 Å². The van der Waals surface area contributed by atoms with E-state index in [-0.39, 0.29) is 5.56 Å². The molecule has 3 N–H and O–H groups in total. The van der Waals surface area contributed by atoms with Crippen molar-refractivity contribution in [1.29, 1.82) is 0 Å². The number of fused-ring (bicyclic) bond motifs is 1. The molecule has 0 bridgehead atoms. The van der Waals surface area contributed by atoms with E-state index in [0.29, 0.717) is 17.3 Å². The summed E-state index contributed by atoms with van der Waals surface area (Å²) in [6, 6.07) is 14.8. The first kappa shape index (κ1) is 14.1. The molecular weight excluding hydrogens is 309 g/mol. The Morgan fingerprint density at radius 2 is 1.96 bits per heavy atom. The van der Waals surface area contributed by atoms with Gasteiger partial charge in [0.25, 0.3) is 5.91 Å². The topological polar surface area (TPSA) is 86.5 Å². The van der Waals surface area contributed by atoms with E-state index in [1.54, 1.807) is 6.07 Å². The summed E-state index contributed by atoms with van der Waals surface area (Å²) in [7, 11) is 0. The number of imidazole rings is 1. The van der Waals surface area contributed by atoms with Crippen molar-refractivity contribution in [2.75, 3.05) is 5.32 Å². The van der Waals surface area contributed by atoms with E-state index in [9.17, 15) is 9.18 Å². The fraction of sp³-hybridized carbons (Fsp3) is 0. The van der Waals surface area contributed by atoms with Crippen LogP contribution in [-0.2, 0) is 0 Å². The molecule has 6 nitrogen and oxygen atoms in total. The Balaban J connectivity index is 1.57. The van der Waals surface area contributed by atoms with E-state index in [4.69, 9.17) is 0 Å². The maximum Gasteiger partial charge on any atom is 0.256 e. The minimum atomic E-state index is -0.465. The van der Waals surface area contributed by atoms with Gasteiger partial charge in [0.05, 0.1) is 11.0 Å². The molecule has 0 saturated carbocycles. The summed E-state index contributed by atoms with van der Waals surface area (Å²) in [5, 5.41) is 9.48. The van der Waals surface area contributed by atoms with Crippen molar-refractivity contribution in [3.63, 3.8) is 0 Å². The van der Waals surface area contributed by atoms with Gasteiger partial charge in [0.1, 0.15) is 11.5 Å². The van der Waals surface area contributed by atoms with E-state index < -0.39 is 11.7 Å². The number of rotatable bonds is 3. The van der Waals surface area contributed by atoms with Gasteiger partial charge in [0.15, 0.2) is 11.6 Å². The lowest BCUT2D eigenvalue weighted by atomic mass is 10.2. The fourth-order valence-corrected chi connectivity index (χ4v) is 2.41. The van der Waals surface area contributed by atoms with E-state index in [2.05, 4.69) is 25.5 Å². The van der Waals surface area contributed by atoms with Gasteiger partial charge in [-0.3, -0.25) is 9.89 Å². The highest BCUT2D eigenvalue weighted by atomic mass is 19.1. The monoisotopic (exact) mass is 321 g/mol. The van der Waals surface area contributed by atoms with Crippen LogP contribution in [0.2, 0.25) is 0 Å². The van der Waals surface area contributed by atoms with Crippen molar-refractivity contribution in [2.45, 2.75) is 0 Å². The molecule has 2 aromatic carbocycles. The van der Waals surface area contributed by atoms with E-state index in [1.807, 2.05) is 24.3 Å². The third-order valence-electron chi connectivity index (χ3n) is 3.55. The van der Waals surface area contributed by atoms with Crippen LogP contribution in [0.3, 0.4) is 0 Å². The molecule has 118 valence electrons. The lowest BCUT2D eigenvalue weighted by Gasteiger charge is -2.01. The first-order chi connectivity index (χ1) is 11.7. The number of H-pyrrole nitrogens is 2. The smallest absolute Gasteiger partial charge is 0.256 e. The molecule has 2 heterocycles. The average Bonchev–Trinajstić information content (AvgIpc) is 3.21. The number of anilines is 1. The lowest BCUT2D eigenvalue weighted by molar-refractivity contribution is 0.102. The van der Waals surface area contributed by atoms with Crippen molar-refractivity contribution in [3.8, 4) is 11.5 Å². The lowest BCUT2D eigenvalue weighted by Crippen LogP contribution is -2.12. The largest absolute Gasteiger partial charge is 0.337 e. The Morgan fingerprint density at radius 3 is 2.79 bits per heavy atom. The zero-order valence-electron chi connectivity index (χ0n) is 12.4. The number of nitrogens with one attached hydrogen (secondary N) is 3. The third kappa shape index (κ3) is 2.63. The highest BCUT2D eigenvalue weighted by Crippen LogP contribution is 2.20. The number of amides is 1. The van der Waals surface area contributed by atoms with Gasteiger partial charge in [-0.05, 0) is 30.3 Å². The highest BCUT2D eigenvalue weighted by Gasteiger charge is 2.12. The molecule has 7 heteroatoms. The normalized spacial score (nSPS) is 10.9. The van der Waals surface area contributed by atoms with Crippen LogP contribution in [0.1, 0.15) is 10.4 Å². The van der Waals surface area contributed by atoms with Crippen LogP contribution in [-0.4, -0.2) is 26.1 Å². The number of carbonyl (C=O) groups excluding carboxylic acids is 1. The van der Waals surface area contributed by atoms with Crippen molar-refractivity contribution in [1.82, 2.24) is 20.2 Å². The molecule has 4 rings (SSSR count). The second-order valence-electron chi connectivity index (χ2n) is 5.23. The number of hydrogen-bond acceptors (Lipinski definition) is 3. The summed E-state index contributed by atoms with van der Waals surface area (Å²) in [5.41, 5.74) is 2.61. The van der Waals surface area contributed by atoms with Crippen molar-refractivity contribution in [2.24, 2.45) is 0 Å². The van der Waals surface area contributed by atoms with Crippen LogP contribution in [0.5, 0.6) is 0 Å². The maximum absolute atomic E-state index is 13.2. The number of halogens is 1. The van der Waals surface area contributed by atoms with E-state index in [0.717, 1.165) is 11.0 Å². The number of hydrogen-bond donors (Lipinski definition) is 3. The van der Waals surface area contributed by atoms with Crippen molar-refractivity contribution < 1.29 is 9.18 Å². The molecule has 0 spiro atoms. The Morgan fingerprint density at radius 1 is 1.08 bits per heavy atom. The second kappa shape index (κ2) is 5.62. The molecular formula is C17H12FN5O. The van der Waals surface area contributed by atoms with Gasteiger partial charge in [-0.15, -0.1) is 0 Å². The molecule has 1 amide bonds. The zero-order valence-corrected chi connectivity index (χ0v) is 12.4. The molecule has 0 saturated heterocycles. The maximum atomic E-state index is 13.2. The zero-order chi connectivity index (χ0) is 16.5. The fourth-order valence-electron chi connectivity index (χ4n) is 2.41.